The van der Waals surface area contributed by atoms with Crippen LogP contribution >= 0.6 is 11.3 Å². The summed E-state index contributed by atoms with van der Waals surface area (Å²) in [6.45, 7) is 1.57. The number of ketones is 1. The Morgan fingerprint density at radius 3 is 2.80 bits per heavy atom. The van der Waals surface area contributed by atoms with E-state index in [0.29, 0.717) is 0 Å². The maximum atomic E-state index is 11.4. The smallest absolute Gasteiger partial charge is 0.181 e. The van der Waals surface area contributed by atoms with Crippen molar-refractivity contribution in [1.29, 1.82) is 0 Å². The highest BCUT2D eigenvalue weighted by Crippen LogP contribution is 2.29. The van der Waals surface area contributed by atoms with Gasteiger partial charge in [0.1, 0.15) is 0 Å². The largest absolute Gasteiger partial charge is 0.443 e. The molecule has 0 radical (unpaired) electrons. The molecule has 0 aliphatic heterocycles. The Morgan fingerprint density at radius 2 is 2.10 bits per heavy atom. The zero-order valence-electron chi connectivity index (χ0n) is 11.0. The molecule has 0 saturated heterocycles. The second-order valence-electron chi connectivity index (χ2n) is 4.55. The summed E-state index contributed by atoms with van der Waals surface area (Å²) in [5, 5.41) is 1.94. The number of oxazole rings is 1. The van der Waals surface area contributed by atoms with Crippen LogP contribution in [0.3, 0.4) is 0 Å². The molecule has 2 aromatic heterocycles. The van der Waals surface area contributed by atoms with E-state index in [9.17, 15) is 4.79 Å². The first kappa shape index (κ1) is 12.8. The van der Waals surface area contributed by atoms with E-state index < -0.39 is 0 Å². The fourth-order valence-corrected chi connectivity index (χ4v) is 2.85. The van der Waals surface area contributed by atoms with Gasteiger partial charge in [-0.25, -0.2) is 4.98 Å². The second kappa shape index (κ2) is 5.43. The predicted octanol–water partition coefficient (Wildman–Crippen LogP) is 4.20. The summed E-state index contributed by atoms with van der Waals surface area (Å²) in [4.78, 5) is 16.4. The molecule has 0 unspecified atom stereocenters. The number of nitrogens with zero attached hydrogens (tertiary/aromatic N) is 1. The molecule has 0 amide bonds. The molecule has 100 valence electrons. The molecule has 0 aliphatic rings. The van der Waals surface area contributed by atoms with Gasteiger partial charge in [-0.05, 0) is 18.6 Å². The van der Waals surface area contributed by atoms with E-state index in [1.165, 1.54) is 23.3 Å². The van der Waals surface area contributed by atoms with Crippen LogP contribution in [0.2, 0.25) is 0 Å². The van der Waals surface area contributed by atoms with E-state index in [1.54, 1.807) is 6.92 Å². The molecule has 2 heterocycles. The Hall–Kier alpha value is -2.20. The molecule has 0 saturated carbocycles. The average Bonchev–Trinajstić information content (AvgIpc) is 3.08. The maximum absolute atomic E-state index is 11.4. The summed E-state index contributed by atoms with van der Waals surface area (Å²) in [5.41, 5.74) is 3.00. The van der Waals surface area contributed by atoms with Crippen LogP contribution in [0.4, 0.5) is 0 Å². The number of benzene rings is 1. The lowest BCUT2D eigenvalue weighted by Crippen LogP contribution is -1.90. The number of hydrogen-bond acceptors (Lipinski definition) is 4. The summed E-state index contributed by atoms with van der Waals surface area (Å²) in [6, 6.07) is 12.0. The highest BCUT2D eigenvalue weighted by molar-refractivity contribution is 7.12. The maximum Gasteiger partial charge on any atom is 0.181 e. The Labute approximate surface area is 120 Å². The molecular weight excluding hydrogens is 270 g/mol. The van der Waals surface area contributed by atoms with Crippen LogP contribution in [0.1, 0.15) is 27.9 Å². The molecule has 0 fully saturated rings. The number of Topliss-reactive ketones (excluding diaryl/α,β-unsaturated/α-hetero) is 1. The van der Waals surface area contributed by atoms with E-state index in [-0.39, 0.29) is 5.78 Å². The average molecular weight is 283 g/mol. The number of rotatable bonds is 4. The molecule has 3 rings (SSSR count). The normalized spacial score (nSPS) is 10.7. The summed E-state index contributed by atoms with van der Waals surface area (Å²) >= 11 is 1.43. The van der Waals surface area contributed by atoms with Crippen molar-refractivity contribution in [3.8, 4) is 11.3 Å². The third-order valence-electron chi connectivity index (χ3n) is 3.06. The van der Waals surface area contributed by atoms with Crippen molar-refractivity contribution < 1.29 is 9.21 Å². The van der Waals surface area contributed by atoms with Gasteiger partial charge in [-0.2, -0.15) is 0 Å². The fraction of sp³-hybridized carbons (Fsp3) is 0.125. The first-order valence-electron chi connectivity index (χ1n) is 6.30. The minimum absolute atomic E-state index is 0.0744. The molecule has 3 nitrogen and oxygen atoms in total. The lowest BCUT2D eigenvalue weighted by Gasteiger charge is -1.99. The van der Waals surface area contributed by atoms with Gasteiger partial charge in [0.15, 0.2) is 17.9 Å². The van der Waals surface area contributed by atoms with Gasteiger partial charge in [0.25, 0.3) is 0 Å². The quantitative estimate of drug-likeness (QED) is 0.674. The summed E-state index contributed by atoms with van der Waals surface area (Å²) in [5.74, 6) is 0.822. The van der Waals surface area contributed by atoms with Crippen molar-refractivity contribution in [1.82, 2.24) is 4.98 Å². The highest BCUT2D eigenvalue weighted by Gasteiger charge is 2.14. The van der Waals surface area contributed by atoms with Crippen LogP contribution in [0.25, 0.3) is 11.3 Å². The third kappa shape index (κ3) is 2.56. The Bertz CT molecular complexity index is 728. The van der Waals surface area contributed by atoms with Crippen molar-refractivity contribution in [3.05, 3.63) is 64.3 Å². The monoisotopic (exact) mass is 283 g/mol. The van der Waals surface area contributed by atoms with Crippen molar-refractivity contribution in [3.63, 3.8) is 0 Å². The summed E-state index contributed by atoms with van der Waals surface area (Å²) in [6.07, 6.45) is 2.18. The molecule has 0 N–H and O–H groups in total. The lowest BCUT2D eigenvalue weighted by molar-refractivity contribution is 0.102. The van der Waals surface area contributed by atoms with Gasteiger partial charge in [0.2, 0.25) is 0 Å². The Kier molecular flexibility index (Phi) is 3.48. The Morgan fingerprint density at radius 1 is 1.30 bits per heavy atom. The van der Waals surface area contributed by atoms with Gasteiger partial charge >= 0.3 is 0 Å². The molecule has 0 atom stereocenters. The van der Waals surface area contributed by atoms with E-state index in [0.717, 1.165) is 28.3 Å². The first-order chi connectivity index (χ1) is 9.74. The van der Waals surface area contributed by atoms with Crippen LogP contribution in [0, 0.1) is 0 Å². The van der Waals surface area contributed by atoms with Gasteiger partial charge in [-0.15, -0.1) is 11.3 Å². The number of hydrogen-bond donors (Lipinski definition) is 0. The van der Waals surface area contributed by atoms with E-state index in [1.807, 2.05) is 29.6 Å². The zero-order valence-corrected chi connectivity index (χ0v) is 11.8. The first-order valence-corrected chi connectivity index (χ1v) is 7.18. The topological polar surface area (TPSA) is 43.1 Å². The highest BCUT2D eigenvalue weighted by atomic mass is 32.1. The second-order valence-corrected chi connectivity index (χ2v) is 5.46. The van der Waals surface area contributed by atoms with Gasteiger partial charge in [0, 0.05) is 17.4 Å². The summed E-state index contributed by atoms with van der Waals surface area (Å²) < 4.78 is 5.50. The third-order valence-corrected chi connectivity index (χ3v) is 4.10. The Balaban J connectivity index is 1.91. The van der Waals surface area contributed by atoms with Crippen LogP contribution < -0.4 is 0 Å². The fourth-order valence-electron chi connectivity index (χ4n) is 2.06. The predicted molar refractivity (Wildman–Crippen MR) is 79.1 cm³/mol. The molecule has 1 aromatic carbocycles. The minimum Gasteiger partial charge on any atom is -0.443 e. The molecule has 20 heavy (non-hydrogen) atoms. The number of carbonyl (C=O) groups excluding carboxylic acids is 1. The van der Waals surface area contributed by atoms with Crippen molar-refractivity contribution in [2.75, 3.05) is 0 Å². The van der Waals surface area contributed by atoms with Crippen molar-refractivity contribution in [2.45, 2.75) is 13.3 Å². The van der Waals surface area contributed by atoms with Gasteiger partial charge in [-0.3, -0.25) is 4.79 Å². The molecule has 0 bridgehead atoms. The van der Waals surface area contributed by atoms with Crippen LogP contribution in [-0.2, 0) is 6.42 Å². The molecule has 3 aromatic rings. The van der Waals surface area contributed by atoms with Crippen LogP contribution in [0.5, 0.6) is 0 Å². The number of thiophene rings is 1. The van der Waals surface area contributed by atoms with Gasteiger partial charge in [0.05, 0.1) is 10.6 Å². The molecule has 0 aliphatic carbocycles. The standard InChI is InChI=1S/C16H13NO2S/c1-11(18)15-8-13(9-20-15)16-14(17-10-19-16)7-12-5-3-2-4-6-12/h2-6,8-10H,7H2,1H3. The molecule has 4 heteroatoms. The minimum atomic E-state index is 0.0744. The molecular formula is C16H13NO2S. The van der Waals surface area contributed by atoms with Gasteiger partial charge in [-0.1, -0.05) is 30.3 Å². The van der Waals surface area contributed by atoms with E-state index in [2.05, 4.69) is 17.1 Å². The zero-order chi connectivity index (χ0) is 13.9. The van der Waals surface area contributed by atoms with Crippen LogP contribution in [0.15, 0.2) is 52.6 Å². The number of aromatic nitrogens is 1. The van der Waals surface area contributed by atoms with Crippen molar-refractivity contribution in [2.24, 2.45) is 0 Å². The lowest BCUT2D eigenvalue weighted by atomic mass is 10.1. The number of carbonyl (C=O) groups is 1. The summed E-state index contributed by atoms with van der Waals surface area (Å²) in [7, 11) is 0. The van der Waals surface area contributed by atoms with Gasteiger partial charge < -0.3 is 4.42 Å². The molecule has 0 spiro atoms. The van der Waals surface area contributed by atoms with E-state index >= 15 is 0 Å². The van der Waals surface area contributed by atoms with Crippen LogP contribution in [-0.4, -0.2) is 10.8 Å². The van der Waals surface area contributed by atoms with E-state index in [4.69, 9.17) is 4.42 Å². The van der Waals surface area contributed by atoms with Crippen molar-refractivity contribution >= 4 is 17.1 Å². The SMILES string of the molecule is CC(=O)c1cc(-c2ocnc2Cc2ccccc2)cs1.